The first-order chi connectivity index (χ1) is 10.1. The predicted molar refractivity (Wildman–Crippen MR) is 80.9 cm³/mol. The Balaban J connectivity index is 1.74. The molecule has 0 unspecified atom stereocenters. The maximum atomic E-state index is 13.1. The monoisotopic (exact) mass is 287 g/mol. The molecule has 0 radical (unpaired) electrons. The number of halogens is 1. The molecule has 21 heavy (non-hydrogen) atoms. The van der Waals surface area contributed by atoms with Gasteiger partial charge < -0.3 is 10.1 Å². The molecule has 1 amide bonds. The summed E-state index contributed by atoms with van der Waals surface area (Å²) in [5.41, 5.74) is 1.36. The van der Waals surface area contributed by atoms with Gasteiger partial charge in [0.25, 0.3) is 0 Å². The minimum Gasteiger partial charge on any atom is -0.494 e. The minimum absolute atomic E-state index is 0.139. The van der Waals surface area contributed by atoms with Crippen LogP contribution in [0, 0.1) is 12.7 Å². The summed E-state index contributed by atoms with van der Waals surface area (Å²) in [5, 5.41) is 2.72. The van der Waals surface area contributed by atoms with Gasteiger partial charge in [-0.2, -0.15) is 0 Å². The lowest BCUT2D eigenvalue weighted by Crippen LogP contribution is -2.13. The summed E-state index contributed by atoms with van der Waals surface area (Å²) in [6, 6.07) is 13.8. The summed E-state index contributed by atoms with van der Waals surface area (Å²) in [6.45, 7) is 2.30. The standard InChI is InChI=1S/C17H18FNO2/c1-13-9-10-14(18)12-16(13)19-17(20)8-5-11-21-15-6-3-2-4-7-15/h2-4,6-7,9-10,12H,5,8,11H2,1H3,(H,19,20). The molecule has 0 aliphatic heterocycles. The number of para-hydroxylation sites is 1. The second-order valence-corrected chi connectivity index (χ2v) is 4.77. The van der Waals surface area contributed by atoms with Gasteiger partial charge in [0.05, 0.1) is 6.61 Å². The van der Waals surface area contributed by atoms with Crippen molar-refractivity contribution in [3.63, 3.8) is 0 Å². The Morgan fingerprint density at radius 2 is 1.95 bits per heavy atom. The lowest BCUT2D eigenvalue weighted by atomic mass is 10.2. The van der Waals surface area contributed by atoms with Crippen LogP contribution in [0.3, 0.4) is 0 Å². The fourth-order valence-corrected chi connectivity index (χ4v) is 1.88. The van der Waals surface area contributed by atoms with Crippen molar-refractivity contribution < 1.29 is 13.9 Å². The first-order valence-electron chi connectivity index (χ1n) is 6.89. The Morgan fingerprint density at radius 1 is 1.19 bits per heavy atom. The lowest BCUT2D eigenvalue weighted by Gasteiger charge is -2.09. The third-order valence-corrected chi connectivity index (χ3v) is 3.03. The second kappa shape index (κ2) is 7.43. The molecule has 110 valence electrons. The molecule has 0 bridgehead atoms. The van der Waals surface area contributed by atoms with Crippen LogP contribution >= 0.6 is 0 Å². The molecule has 1 N–H and O–H groups in total. The molecule has 3 nitrogen and oxygen atoms in total. The number of ether oxygens (including phenoxy) is 1. The fraction of sp³-hybridized carbons (Fsp3) is 0.235. The van der Waals surface area contributed by atoms with Crippen LogP contribution in [0.5, 0.6) is 5.75 Å². The largest absolute Gasteiger partial charge is 0.494 e. The molecule has 0 saturated heterocycles. The molecule has 0 fully saturated rings. The van der Waals surface area contributed by atoms with E-state index in [-0.39, 0.29) is 11.7 Å². The zero-order valence-electron chi connectivity index (χ0n) is 11.9. The predicted octanol–water partition coefficient (Wildman–Crippen LogP) is 3.93. The van der Waals surface area contributed by atoms with Crippen molar-refractivity contribution in [3.8, 4) is 5.75 Å². The summed E-state index contributed by atoms with van der Waals surface area (Å²) in [4.78, 5) is 11.8. The molecule has 0 heterocycles. The van der Waals surface area contributed by atoms with E-state index in [2.05, 4.69) is 5.32 Å². The van der Waals surface area contributed by atoms with Gasteiger partial charge in [-0.1, -0.05) is 24.3 Å². The van der Waals surface area contributed by atoms with E-state index in [9.17, 15) is 9.18 Å². The molecule has 0 aromatic heterocycles. The van der Waals surface area contributed by atoms with Gasteiger partial charge in [-0.05, 0) is 43.2 Å². The van der Waals surface area contributed by atoms with Crippen LogP contribution in [-0.2, 0) is 4.79 Å². The van der Waals surface area contributed by atoms with E-state index in [1.165, 1.54) is 12.1 Å². The van der Waals surface area contributed by atoms with Crippen LogP contribution in [0.1, 0.15) is 18.4 Å². The lowest BCUT2D eigenvalue weighted by molar-refractivity contribution is -0.116. The first-order valence-corrected chi connectivity index (χ1v) is 6.89. The summed E-state index contributed by atoms with van der Waals surface area (Å²) < 4.78 is 18.6. The van der Waals surface area contributed by atoms with E-state index in [1.807, 2.05) is 37.3 Å². The van der Waals surface area contributed by atoms with E-state index in [0.717, 1.165) is 11.3 Å². The van der Waals surface area contributed by atoms with E-state index in [1.54, 1.807) is 6.07 Å². The number of hydrogen-bond acceptors (Lipinski definition) is 2. The molecule has 2 aromatic rings. The average Bonchev–Trinajstić information content (AvgIpc) is 2.48. The van der Waals surface area contributed by atoms with Crippen molar-refractivity contribution in [2.75, 3.05) is 11.9 Å². The van der Waals surface area contributed by atoms with Gasteiger partial charge in [0, 0.05) is 12.1 Å². The van der Waals surface area contributed by atoms with E-state index < -0.39 is 0 Å². The number of benzene rings is 2. The van der Waals surface area contributed by atoms with Crippen LogP contribution < -0.4 is 10.1 Å². The van der Waals surface area contributed by atoms with Gasteiger partial charge in [-0.3, -0.25) is 4.79 Å². The van der Waals surface area contributed by atoms with Crippen molar-refractivity contribution in [3.05, 3.63) is 59.9 Å². The molecule has 0 saturated carbocycles. The van der Waals surface area contributed by atoms with Gasteiger partial charge in [-0.25, -0.2) is 4.39 Å². The zero-order valence-corrected chi connectivity index (χ0v) is 11.9. The first kappa shape index (κ1) is 15.0. The van der Waals surface area contributed by atoms with E-state index >= 15 is 0 Å². The number of carbonyl (C=O) groups excluding carboxylic acids is 1. The molecular formula is C17H18FNO2. The number of aryl methyl sites for hydroxylation is 1. The van der Waals surface area contributed by atoms with Crippen LogP contribution in [0.4, 0.5) is 10.1 Å². The van der Waals surface area contributed by atoms with Gasteiger partial charge in [0.1, 0.15) is 11.6 Å². The second-order valence-electron chi connectivity index (χ2n) is 4.77. The van der Waals surface area contributed by atoms with Crippen LogP contribution in [-0.4, -0.2) is 12.5 Å². The van der Waals surface area contributed by atoms with E-state index in [0.29, 0.717) is 25.1 Å². The number of hydrogen-bond donors (Lipinski definition) is 1. The molecule has 0 aliphatic carbocycles. The highest BCUT2D eigenvalue weighted by atomic mass is 19.1. The van der Waals surface area contributed by atoms with Crippen molar-refractivity contribution in [1.82, 2.24) is 0 Å². The highest BCUT2D eigenvalue weighted by Crippen LogP contribution is 2.16. The summed E-state index contributed by atoms with van der Waals surface area (Å²) in [7, 11) is 0. The SMILES string of the molecule is Cc1ccc(F)cc1NC(=O)CCCOc1ccccc1. The van der Waals surface area contributed by atoms with Gasteiger partial charge in [0.15, 0.2) is 0 Å². The van der Waals surface area contributed by atoms with E-state index in [4.69, 9.17) is 4.74 Å². The molecule has 2 aromatic carbocycles. The number of amides is 1. The number of carbonyl (C=O) groups is 1. The number of rotatable bonds is 6. The molecule has 4 heteroatoms. The van der Waals surface area contributed by atoms with Crippen molar-refractivity contribution in [1.29, 1.82) is 0 Å². The average molecular weight is 287 g/mol. The highest BCUT2D eigenvalue weighted by Gasteiger charge is 2.06. The molecule has 0 aliphatic rings. The Hall–Kier alpha value is -2.36. The van der Waals surface area contributed by atoms with Gasteiger partial charge in [0.2, 0.25) is 5.91 Å². The van der Waals surface area contributed by atoms with Gasteiger partial charge in [-0.15, -0.1) is 0 Å². The summed E-state index contributed by atoms with van der Waals surface area (Å²) in [5.74, 6) is 0.294. The topological polar surface area (TPSA) is 38.3 Å². The minimum atomic E-state index is -0.358. The third-order valence-electron chi connectivity index (χ3n) is 3.03. The van der Waals surface area contributed by atoms with Crippen molar-refractivity contribution >= 4 is 11.6 Å². The van der Waals surface area contributed by atoms with Crippen molar-refractivity contribution in [2.45, 2.75) is 19.8 Å². The van der Waals surface area contributed by atoms with Crippen LogP contribution in [0.2, 0.25) is 0 Å². The van der Waals surface area contributed by atoms with Crippen molar-refractivity contribution in [2.24, 2.45) is 0 Å². The molecule has 0 spiro atoms. The smallest absolute Gasteiger partial charge is 0.224 e. The Kier molecular flexibility index (Phi) is 5.32. The third kappa shape index (κ3) is 4.91. The Morgan fingerprint density at radius 3 is 2.71 bits per heavy atom. The highest BCUT2D eigenvalue weighted by molar-refractivity contribution is 5.91. The summed E-state index contributed by atoms with van der Waals surface area (Å²) >= 11 is 0. The number of anilines is 1. The molecule has 2 rings (SSSR count). The summed E-state index contributed by atoms with van der Waals surface area (Å²) in [6.07, 6.45) is 0.942. The zero-order chi connectivity index (χ0) is 15.1. The number of nitrogens with one attached hydrogen (secondary N) is 1. The fourth-order valence-electron chi connectivity index (χ4n) is 1.88. The van der Waals surface area contributed by atoms with Gasteiger partial charge >= 0.3 is 0 Å². The Bertz CT molecular complexity index is 599. The molecular weight excluding hydrogens is 269 g/mol. The Labute approximate surface area is 123 Å². The normalized spacial score (nSPS) is 10.2. The van der Waals surface area contributed by atoms with Crippen LogP contribution in [0.15, 0.2) is 48.5 Å². The maximum Gasteiger partial charge on any atom is 0.224 e. The van der Waals surface area contributed by atoms with Crippen LogP contribution in [0.25, 0.3) is 0 Å². The quantitative estimate of drug-likeness (QED) is 0.817. The maximum absolute atomic E-state index is 13.1. The molecule has 0 atom stereocenters.